The van der Waals surface area contributed by atoms with E-state index in [1.807, 2.05) is 11.3 Å². The van der Waals surface area contributed by atoms with Gasteiger partial charge in [-0.2, -0.15) is 0 Å². The molecule has 0 radical (unpaired) electrons. The molecule has 3 fully saturated rings. The van der Waals surface area contributed by atoms with E-state index in [4.69, 9.17) is 4.98 Å². The lowest BCUT2D eigenvalue weighted by molar-refractivity contribution is 0.305. The van der Waals surface area contributed by atoms with Gasteiger partial charge in [-0.1, -0.05) is 0 Å². The molecule has 2 atom stereocenters. The molecule has 5 nitrogen and oxygen atoms in total. The van der Waals surface area contributed by atoms with Gasteiger partial charge in [-0.3, -0.25) is 4.90 Å². The van der Waals surface area contributed by atoms with Gasteiger partial charge in [-0.05, 0) is 38.5 Å². The van der Waals surface area contributed by atoms with E-state index in [-0.39, 0.29) is 0 Å². The van der Waals surface area contributed by atoms with Crippen LogP contribution in [0.4, 0.5) is 5.82 Å². The molecule has 1 saturated carbocycles. The van der Waals surface area contributed by atoms with Gasteiger partial charge in [-0.15, -0.1) is 11.3 Å². The average molecular weight is 356 g/mol. The third-order valence-electron chi connectivity index (χ3n) is 6.05. The predicted molar refractivity (Wildman–Crippen MR) is 100 cm³/mol. The molecule has 2 aliphatic heterocycles. The molecule has 4 heterocycles. The maximum absolute atomic E-state index is 4.86. The van der Waals surface area contributed by atoms with Gasteiger partial charge in [0.05, 0.1) is 10.7 Å². The van der Waals surface area contributed by atoms with Crippen LogP contribution in [0.2, 0.25) is 0 Å². The largest absolute Gasteiger partial charge is 0.356 e. The highest BCUT2D eigenvalue weighted by Gasteiger charge is 2.41. The van der Waals surface area contributed by atoms with Gasteiger partial charge in [0.2, 0.25) is 0 Å². The lowest BCUT2D eigenvalue weighted by Crippen LogP contribution is -2.29. The highest BCUT2D eigenvalue weighted by Crippen LogP contribution is 2.41. The molecule has 2 aromatic rings. The molecule has 2 saturated heterocycles. The third kappa shape index (κ3) is 2.95. The summed E-state index contributed by atoms with van der Waals surface area (Å²) in [6.07, 6.45) is 4.40. The Bertz CT molecular complexity index is 770. The van der Waals surface area contributed by atoms with Gasteiger partial charge < -0.3 is 4.90 Å². The van der Waals surface area contributed by atoms with Gasteiger partial charge in [0.1, 0.15) is 12.1 Å². The van der Waals surface area contributed by atoms with E-state index >= 15 is 0 Å². The van der Waals surface area contributed by atoms with E-state index in [1.165, 1.54) is 42.2 Å². The van der Waals surface area contributed by atoms with E-state index < -0.39 is 0 Å². The van der Waals surface area contributed by atoms with Crippen LogP contribution in [-0.4, -0.2) is 46.0 Å². The molecule has 0 N–H and O–H groups in total. The molecule has 2 unspecified atom stereocenters. The molecule has 132 valence electrons. The fourth-order valence-corrected chi connectivity index (χ4v) is 5.36. The van der Waals surface area contributed by atoms with Crippen LogP contribution in [0, 0.1) is 25.7 Å². The predicted octanol–water partition coefficient (Wildman–Crippen LogP) is 3.00. The smallest absolute Gasteiger partial charge is 0.135 e. The van der Waals surface area contributed by atoms with Gasteiger partial charge in [0.25, 0.3) is 0 Å². The summed E-state index contributed by atoms with van der Waals surface area (Å²) < 4.78 is 0. The number of nitrogens with zero attached hydrogens (tertiary/aromatic N) is 5. The summed E-state index contributed by atoms with van der Waals surface area (Å²) in [4.78, 5) is 18.8. The SMILES string of the molecule is Cc1ncnc(N2CC3CN(Cc4csc(C5CC5)n4)CC3C2)c1C. The lowest BCUT2D eigenvalue weighted by Gasteiger charge is -2.23. The molecule has 3 aliphatic rings. The molecule has 0 aromatic carbocycles. The van der Waals surface area contributed by atoms with E-state index in [2.05, 4.69) is 39.0 Å². The number of aryl methyl sites for hydroxylation is 1. The first-order valence-corrected chi connectivity index (χ1v) is 10.2. The minimum absolute atomic E-state index is 0.760. The number of fused-ring (bicyclic) bond motifs is 1. The molecular weight excluding hydrogens is 330 g/mol. The summed E-state index contributed by atoms with van der Waals surface area (Å²) >= 11 is 1.87. The highest BCUT2D eigenvalue weighted by atomic mass is 32.1. The zero-order valence-corrected chi connectivity index (χ0v) is 15.8. The van der Waals surface area contributed by atoms with Crippen LogP contribution in [0.25, 0.3) is 0 Å². The summed E-state index contributed by atoms with van der Waals surface area (Å²) in [6.45, 7) is 9.89. The number of anilines is 1. The van der Waals surface area contributed by atoms with Crippen molar-refractivity contribution in [2.45, 2.75) is 39.2 Å². The van der Waals surface area contributed by atoms with Crippen molar-refractivity contribution in [3.8, 4) is 0 Å². The quantitative estimate of drug-likeness (QED) is 0.844. The number of rotatable bonds is 4. The van der Waals surface area contributed by atoms with Crippen LogP contribution in [0.15, 0.2) is 11.7 Å². The van der Waals surface area contributed by atoms with Crippen LogP contribution in [0.3, 0.4) is 0 Å². The first-order valence-electron chi connectivity index (χ1n) is 9.37. The second-order valence-corrected chi connectivity index (χ2v) is 8.87. The zero-order valence-electron chi connectivity index (χ0n) is 15.0. The Labute approximate surface area is 153 Å². The number of likely N-dealkylation sites (tertiary alicyclic amines) is 1. The van der Waals surface area contributed by atoms with Crippen LogP contribution in [-0.2, 0) is 6.54 Å². The highest BCUT2D eigenvalue weighted by molar-refractivity contribution is 7.09. The number of aromatic nitrogens is 3. The average Bonchev–Trinajstić information content (AvgIpc) is 3.03. The Morgan fingerprint density at radius 1 is 1.08 bits per heavy atom. The van der Waals surface area contributed by atoms with Gasteiger partial charge in [0, 0.05) is 55.3 Å². The van der Waals surface area contributed by atoms with Gasteiger partial charge >= 0.3 is 0 Å². The van der Waals surface area contributed by atoms with E-state index in [0.717, 1.165) is 48.9 Å². The summed E-state index contributed by atoms with van der Waals surface area (Å²) in [5, 5.41) is 3.65. The van der Waals surface area contributed by atoms with Crippen molar-refractivity contribution < 1.29 is 0 Å². The normalized spacial score (nSPS) is 26.4. The topological polar surface area (TPSA) is 45.2 Å². The Hall–Kier alpha value is -1.53. The lowest BCUT2D eigenvalue weighted by atomic mass is 10.0. The maximum atomic E-state index is 4.86. The van der Waals surface area contributed by atoms with Crippen LogP contribution in [0.1, 0.15) is 40.7 Å². The third-order valence-corrected chi connectivity index (χ3v) is 7.11. The van der Waals surface area contributed by atoms with Crippen molar-refractivity contribution in [1.29, 1.82) is 0 Å². The Kier molecular flexibility index (Phi) is 3.78. The molecule has 0 bridgehead atoms. The van der Waals surface area contributed by atoms with Crippen molar-refractivity contribution in [1.82, 2.24) is 19.9 Å². The van der Waals surface area contributed by atoms with Crippen molar-refractivity contribution in [2.75, 3.05) is 31.1 Å². The minimum atomic E-state index is 0.760. The molecule has 5 rings (SSSR count). The number of hydrogen-bond acceptors (Lipinski definition) is 6. The molecule has 0 spiro atoms. The number of thiazole rings is 1. The van der Waals surface area contributed by atoms with E-state index in [9.17, 15) is 0 Å². The van der Waals surface area contributed by atoms with E-state index in [0.29, 0.717) is 0 Å². The molecule has 0 amide bonds. The van der Waals surface area contributed by atoms with Crippen molar-refractivity contribution in [3.05, 3.63) is 33.7 Å². The summed E-state index contributed by atoms with van der Waals surface area (Å²) in [6, 6.07) is 0. The maximum Gasteiger partial charge on any atom is 0.135 e. The fourth-order valence-electron chi connectivity index (χ4n) is 4.38. The molecule has 1 aliphatic carbocycles. The zero-order chi connectivity index (χ0) is 17.0. The second kappa shape index (κ2) is 6.02. The first-order chi connectivity index (χ1) is 12.2. The van der Waals surface area contributed by atoms with Gasteiger partial charge in [-0.25, -0.2) is 15.0 Å². The molecule has 2 aromatic heterocycles. The second-order valence-electron chi connectivity index (χ2n) is 7.98. The summed E-state index contributed by atoms with van der Waals surface area (Å²) in [7, 11) is 0. The summed E-state index contributed by atoms with van der Waals surface area (Å²) in [5.74, 6) is 3.44. The van der Waals surface area contributed by atoms with E-state index in [1.54, 1.807) is 6.33 Å². The van der Waals surface area contributed by atoms with Crippen LogP contribution < -0.4 is 4.90 Å². The Morgan fingerprint density at radius 2 is 1.84 bits per heavy atom. The molecule has 6 heteroatoms. The first kappa shape index (κ1) is 15.7. The standard InChI is InChI=1S/C19H25N5S/c1-12-13(2)20-11-21-18(12)24-7-15-5-23(6-16(15)8-24)9-17-10-25-19(22-17)14-3-4-14/h10-11,14-16H,3-9H2,1-2H3. The number of hydrogen-bond donors (Lipinski definition) is 0. The van der Waals surface area contributed by atoms with Crippen molar-refractivity contribution in [2.24, 2.45) is 11.8 Å². The monoisotopic (exact) mass is 355 g/mol. The Morgan fingerprint density at radius 3 is 2.56 bits per heavy atom. The van der Waals surface area contributed by atoms with Crippen molar-refractivity contribution >= 4 is 17.2 Å². The minimum Gasteiger partial charge on any atom is -0.356 e. The summed E-state index contributed by atoms with van der Waals surface area (Å²) in [5.41, 5.74) is 3.61. The van der Waals surface area contributed by atoms with Gasteiger partial charge in [0.15, 0.2) is 0 Å². The van der Waals surface area contributed by atoms with Crippen LogP contribution >= 0.6 is 11.3 Å². The fraction of sp³-hybridized carbons (Fsp3) is 0.632. The Balaban J connectivity index is 1.22. The molecule has 25 heavy (non-hydrogen) atoms. The van der Waals surface area contributed by atoms with Crippen molar-refractivity contribution in [3.63, 3.8) is 0 Å². The van der Waals surface area contributed by atoms with Crippen LogP contribution in [0.5, 0.6) is 0 Å². The molecular formula is C19H25N5S.